The van der Waals surface area contributed by atoms with Crippen molar-refractivity contribution in [3.63, 3.8) is 0 Å². The summed E-state index contributed by atoms with van der Waals surface area (Å²) in [4.78, 5) is 4.61. The van der Waals surface area contributed by atoms with Crippen LogP contribution in [0.4, 0.5) is 0 Å². The number of nitrogens with one attached hydrogen (secondary N) is 1. The van der Waals surface area contributed by atoms with Crippen molar-refractivity contribution in [2.75, 3.05) is 6.54 Å². The van der Waals surface area contributed by atoms with Gasteiger partial charge in [-0.3, -0.25) is 0 Å². The summed E-state index contributed by atoms with van der Waals surface area (Å²) in [5.74, 6) is 0. The molecule has 1 N–H and O–H groups in total. The molecule has 3 heteroatoms. The van der Waals surface area contributed by atoms with Gasteiger partial charge in [-0.05, 0) is 52.9 Å². The molecule has 1 aliphatic rings. The van der Waals surface area contributed by atoms with Crippen molar-refractivity contribution in [3.8, 4) is 0 Å². The molecule has 0 bridgehead atoms. The Morgan fingerprint density at radius 2 is 2.06 bits per heavy atom. The number of rotatable bonds is 4. The second kappa shape index (κ2) is 5.43. The van der Waals surface area contributed by atoms with Gasteiger partial charge in [0.2, 0.25) is 0 Å². The topological polar surface area (TPSA) is 29.9 Å². The number of aryl methyl sites for hydroxylation is 1. The second-order valence-corrected chi connectivity index (χ2v) is 6.45. The molecule has 0 spiro atoms. The van der Waals surface area contributed by atoms with Gasteiger partial charge in [0.05, 0.1) is 12.0 Å². The van der Waals surface area contributed by atoms with Crippen molar-refractivity contribution >= 4 is 0 Å². The fraction of sp³-hybridized carbons (Fsp3) is 0.800. The molecule has 0 saturated heterocycles. The predicted octanol–water partition coefficient (Wildman–Crippen LogP) is 3.10. The van der Waals surface area contributed by atoms with E-state index in [9.17, 15) is 0 Å². The van der Waals surface area contributed by atoms with Crippen LogP contribution in [0.5, 0.6) is 0 Å². The molecule has 1 heterocycles. The number of aromatic nitrogens is 2. The Kier molecular flexibility index (Phi) is 4.10. The van der Waals surface area contributed by atoms with Crippen LogP contribution in [0.3, 0.4) is 0 Å². The lowest BCUT2D eigenvalue weighted by atomic mass is 10.0. The smallest absolute Gasteiger partial charge is 0.0954 e. The van der Waals surface area contributed by atoms with Crippen LogP contribution in [0.15, 0.2) is 6.33 Å². The molecule has 1 unspecified atom stereocenters. The summed E-state index contributed by atoms with van der Waals surface area (Å²) in [5, 5.41) is 3.62. The van der Waals surface area contributed by atoms with Crippen molar-refractivity contribution in [2.24, 2.45) is 0 Å². The first-order valence-electron chi connectivity index (χ1n) is 7.31. The van der Waals surface area contributed by atoms with Gasteiger partial charge in [0, 0.05) is 23.8 Å². The highest BCUT2D eigenvalue weighted by Gasteiger charge is 2.20. The summed E-state index contributed by atoms with van der Waals surface area (Å²) in [6.45, 7) is 9.97. The maximum Gasteiger partial charge on any atom is 0.0954 e. The largest absolute Gasteiger partial charge is 0.330 e. The fourth-order valence-electron chi connectivity index (χ4n) is 2.67. The molecule has 0 saturated carbocycles. The predicted molar refractivity (Wildman–Crippen MR) is 76.0 cm³/mol. The van der Waals surface area contributed by atoms with Crippen molar-refractivity contribution in [1.29, 1.82) is 0 Å². The summed E-state index contributed by atoms with van der Waals surface area (Å²) in [6.07, 6.45) is 8.23. The van der Waals surface area contributed by atoms with E-state index in [1.807, 2.05) is 0 Å². The molecule has 18 heavy (non-hydrogen) atoms. The van der Waals surface area contributed by atoms with Crippen molar-refractivity contribution in [1.82, 2.24) is 14.9 Å². The minimum atomic E-state index is 0.189. The van der Waals surface area contributed by atoms with Crippen molar-refractivity contribution in [2.45, 2.75) is 71.4 Å². The molecule has 0 aliphatic heterocycles. The molecule has 0 aromatic carbocycles. The number of hydrogen-bond donors (Lipinski definition) is 1. The fourth-order valence-corrected chi connectivity index (χ4v) is 2.67. The lowest BCUT2D eigenvalue weighted by Gasteiger charge is -2.27. The SMILES string of the molecule is CCC(CNC(C)(C)C)n1cnc2c1CCCC2. The highest BCUT2D eigenvalue weighted by molar-refractivity contribution is 5.17. The summed E-state index contributed by atoms with van der Waals surface area (Å²) in [7, 11) is 0. The maximum atomic E-state index is 4.61. The van der Waals surface area contributed by atoms with E-state index >= 15 is 0 Å². The molecule has 2 rings (SSSR count). The minimum absolute atomic E-state index is 0.189. The normalized spacial score (nSPS) is 17.6. The zero-order valence-corrected chi connectivity index (χ0v) is 12.3. The molecule has 1 aromatic rings. The van der Waals surface area contributed by atoms with Crippen LogP contribution >= 0.6 is 0 Å². The average Bonchev–Trinajstić information content (AvgIpc) is 2.73. The van der Waals surface area contributed by atoms with Crippen LogP contribution in [-0.2, 0) is 12.8 Å². The van der Waals surface area contributed by atoms with E-state index in [1.54, 1.807) is 0 Å². The number of nitrogens with zero attached hydrogens (tertiary/aromatic N) is 2. The molecule has 1 aliphatic carbocycles. The van der Waals surface area contributed by atoms with Crippen molar-refractivity contribution < 1.29 is 0 Å². The average molecular weight is 249 g/mol. The van der Waals surface area contributed by atoms with Crippen LogP contribution in [0.1, 0.15) is 64.4 Å². The number of hydrogen-bond acceptors (Lipinski definition) is 2. The van der Waals surface area contributed by atoms with Gasteiger partial charge in [0.15, 0.2) is 0 Å². The third kappa shape index (κ3) is 3.14. The molecule has 0 amide bonds. The van der Waals surface area contributed by atoms with Crippen LogP contribution in [0, 0.1) is 0 Å². The quantitative estimate of drug-likeness (QED) is 0.888. The molecule has 1 atom stereocenters. The zero-order valence-electron chi connectivity index (χ0n) is 12.3. The lowest BCUT2D eigenvalue weighted by Crippen LogP contribution is -2.39. The molecule has 3 nitrogen and oxygen atoms in total. The van der Waals surface area contributed by atoms with Gasteiger partial charge in [-0.1, -0.05) is 6.92 Å². The van der Waals surface area contributed by atoms with E-state index in [0.717, 1.165) is 13.0 Å². The van der Waals surface area contributed by atoms with E-state index in [-0.39, 0.29) is 5.54 Å². The van der Waals surface area contributed by atoms with Gasteiger partial charge in [-0.25, -0.2) is 4.98 Å². The monoisotopic (exact) mass is 249 g/mol. The summed E-state index contributed by atoms with van der Waals surface area (Å²) >= 11 is 0. The summed E-state index contributed by atoms with van der Waals surface area (Å²) in [6, 6.07) is 0.540. The third-order valence-corrected chi connectivity index (χ3v) is 3.79. The van der Waals surface area contributed by atoms with Crippen LogP contribution in [-0.4, -0.2) is 21.6 Å². The Bertz CT molecular complexity index is 387. The Morgan fingerprint density at radius 1 is 1.33 bits per heavy atom. The highest BCUT2D eigenvalue weighted by Crippen LogP contribution is 2.24. The van der Waals surface area contributed by atoms with Gasteiger partial charge in [0.1, 0.15) is 0 Å². The second-order valence-electron chi connectivity index (χ2n) is 6.45. The first-order chi connectivity index (χ1) is 8.51. The lowest BCUT2D eigenvalue weighted by molar-refractivity contribution is 0.355. The zero-order chi connectivity index (χ0) is 13.2. The minimum Gasteiger partial charge on any atom is -0.330 e. The van der Waals surface area contributed by atoms with Gasteiger partial charge in [-0.2, -0.15) is 0 Å². The maximum absolute atomic E-state index is 4.61. The molecule has 0 radical (unpaired) electrons. The first-order valence-corrected chi connectivity index (χ1v) is 7.31. The molecular weight excluding hydrogens is 222 g/mol. The van der Waals surface area contributed by atoms with Gasteiger partial charge in [0.25, 0.3) is 0 Å². The van der Waals surface area contributed by atoms with Gasteiger partial charge < -0.3 is 9.88 Å². The van der Waals surface area contributed by atoms with Crippen LogP contribution in [0.2, 0.25) is 0 Å². The van der Waals surface area contributed by atoms with E-state index in [0.29, 0.717) is 6.04 Å². The standard InChI is InChI=1S/C15H27N3/c1-5-12(10-17-15(2,3)4)18-11-16-13-8-6-7-9-14(13)18/h11-12,17H,5-10H2,1-4H3. The van der Waals surface area contributed by atoms with Crippen molar-refractivity contribution in [3.05, 3.63) is 17.7 Å². The van der Waals surface area contributed by atoms with E-state index < -0.39 is 0 Å². The van der Waals surface area contributed by atoms with E-state index in [2.05, 4.69) is 48.9 Å². The number of fused-ring (bicyclic) bond motifs is 1. The van der Waals surface area contributed by atoms with Gasteiger partial charge >= 0.3 is 0 Å². The molecule has 102 valence electrons. The third-order valence-electron chi connectivity index (χ3n) is 3.79. The Labute approximate surface area is 111 Å². The highest BCUT2D eigenvalue weighted by atomic mass is 15.1. The molecule has 1 aromatic heterocycles. The summed E-state index contributed by atoms with van der Waals surface area (Å²) < 4.78 is 2.42. The number of imidazole rings is 1. The van der Waals surface area contributed by atoms with Crippen LogP contribution < -0.4 is 5.32 Å². The Balaban J connectivity index is 2.10. The van der Waals surface area contributed by atoms with E-state index in [1.165, 1.54) is 37.1 Å². The Hall–Kier alpha value is -0.830. The van der Waals surface area contributed by atoms with Crippen LogP contribution in [0.25, 0.3) is 0 Å². The first kappa shape index (κ1) is 13.6. The Morgan fingerprint density at radius 3 is 2.72 bits per heavy atom. The molecular formula is C15H27N3. The van der Waals surface area contributed by atoms with Gasteiger partial charge in [-0.15, -0.1) is 0 Å². The molecule has 0 fully saturated rings. The van der Waals surface area contributed by atoms with E-state index in [4.69, 9.17) is 0 Å². The summed E-state index contributed by atoms with van der Waals surface area (Å²) in [5.41, 5.74) is 3.02.